The number of rotatable bonds is 18. The van der Waals surface area contributed by atoms with E-state index in [0.29, 0.717) is 28.7 Å². The summed E-state index contributed by atoms with van der Waals surface area (Å²) in [4.78, 5) is 63.9. The van der Waals surface area contributed by atoms with Crippen LogP contribution < -0.4 is 28.4 Å². The summed E-state index contributed by atoms with van der Waals surface area (Å²) in [6.45, 7) is 3.93. The zero-order valence-electron chi connectivity index (χ0n) is 56.6. The zero-order valence-corrected chi connectivity index (χ0v) is 60.9. The van der Waals surface area contributed by atoms with Gasteiger partial charge in [-0.25, -0.2) is 46.3 Å². The Balaban J connectivity index is 0.000000185. The van der Waals surface area contributed by atoms with Gasteiger partial charge in [0.15, 0.2) is 5.75 Å². The summed E-state index contributed by atoms with van der Waals surface area (Å²) in [7, 11) is 0. The van der Waals surface area contributed by atoms with Crippen LogP contribution in [0.2, 0.25) is 0 Å². The summed E-state index contributed by atoms with van der Waals surface area (Å²) in [5.41, 5.74) is 2.77. The molecule has 0 radical (unpaired) electrons. The van der Waals surface area contributed by atoms with Crippen molar-refractivity contribution in [1.82, 2.24) is 0 Å². The Hall–Kier alpha value is -13.2. The minimum Gasteiger partial charge on any atom is -0.503 e. The normalized spacial score (nSPS) is 10.2. The maximum Gasteiger partial charge on any atom is 0.335 e. The third-order valence-corrected chi connectivity index (χ3v) is 15.7. The third kappa shape index (κ3) is 24.7. The Labute approximate surface area is 648 Å². The minimum absolute atomic E-state index is 0.119. The number of ether oxygens (including phenoxy) is 6. The van der Waals surface area contributed by atoms with E-state index >= 15 is 0 Å². The van der Waals surface area contributed by atoms with Crippen LogP contribution in [0.5, 0.6) is 74.7 Å². The van der Waals surface area contributed by atoms with Gasteiger partial charge in [0.05, 0.1) is 37.0 Å². The number of carboxylic acids is 6. The molecule has 570 valence electrons. The second-order valence-electron chi connectivity index (χ2n) is 22.0. The van der Waals surface area contributed by atoms with Gasteiger partial charge in [-0.3, -0.25) is 0 Å². The molecule has 0 aromatic heterocycles. The number of carboxylic acid groups (broad SMARTS) is 6. The summed E-state index contributed by atoms with van der Waals surface area (Å²) >= 11 is 4.42. The number of phenols is 1. The number of carbonyl (C=O) groups is 6. The number of para-hydroxylation sites is 2. The molecule has 0 saturated carbocycles. The number of hydrogen-bond donors (Lipinski definition) is 7. The lowest BCUT2D eigenvalue weighted by Crippen LogP contribution is -2.04. The van der Waals surface area contributed by atoms with E-state index in [2.05, 4.69) is 54.7 Å². The second-order valence-corrected chi connectivity index (χ2v) is 24.4. The van der Waals surface area contributed by atoms with Crippen molar-refractivity contribution in [2.24, 2.45) is 0 Å². The van der Waals surface area contributed by atoms with Crippen LogP contribution in [-0.4, -0.2) is 71.6 Å². The quantitative estimate of drug-likeness (QED) is 0.0182. The number of aromatic carboxylic acids is 6. The highest BCUT2D eigenvalue weighted by Gasteiger charge is 2.29. The van der Waals surface area contributed by atoms with Crippen molar-refractivity contribution in [3.8, 4) is 74.7 Å². The van der Waals surface area contributed by atoms with Crippen molar-refractivity contribution in [3.05, 3.63) is 346 Å². The smallest absolute Gasteiger partial charge is 0.335 e. The Morgan fingerprint density at radius 2 is 0.541 bits per heavy atom. The molecule has 111 heavy (non-hydrogen) atoms. The highest BCUT2D eigenvalue weighted by molar-refractivity contribution is 14.1. The maximum atomic E-state index is 13.4. The Morgan fingerprint density at radius 3 is 0.865 bits per heavy atom. The number of aryl methyl sites for hydroxylation is 2. The molecule has 7 N–H and O–H groups in total. The van der Waals surface area contributed by atoms with Crippen LogP contribution in [0.1, 0.15) is 73.3 Å². The van der Waals surface area contributed by atoms with Crippen molar-refractivity contribution in [3.63, 3.8) is 0 Å². The number of benzene rings is 12. The highest BCUT2D eigenvalue weighted by atomic mass is 127. The first-order valence-corrected chi connectivity index (χ1v) is 33.3. The zero-order chi connectivity index (χ0) is 81.3. The summed E-state index contributed by atoms with van der Waals surface area (Å²) < 4.78 is 165. The molecule has 0 aliphatic carbocycles. The van der Waals surface area contributed by atoms with Gasteiger partial charge in [0.1, 0.15) is 63.3 Å². The number of phenolic OH excluding ortho intramolecular Hbond substituents is 1. The lowest BCUT2D eigenvalue weighted by atomic mass is 10.2. The van der Waals surface area contributed by atoms with Crippen molar-refractivity contribution < 1.29 is 137 Å². The summed E-state index contributed by atoms with van der Waals surface area (Å²) in [5, 5.41) is 61.2. The largest absolute Gasteiger partial charge is 0.503 e. The van der Waals surface area contributed by atoms with Gasteiger partial charge in [-0.2, -0.15) is 26.3 Å². The molecule has 0 unspecified atom stereocenters. The molecule has 0 amide bonds. The monoisotopic (exact) mass is 1760 g/mol. The molecule has 0 aliphatic heterocycles. The first-order chi connectivity index (χ1) is 52.7. The molecule has 19 nitrogen and oxygen atoms in total. The fourth-order valence-electron chi connectivity index (χ4n) is 8.56. The van der Waals surface area contributed by atoms with Crippen LogP contribution in [0.15, 0.2) is 237 Å². The van der Waals surface area contributed by atoms with Crippen LogP contribution in [0.4, 0.5) is 43.9 Å². The van der Waals surface area contributed by atoms with Crippen molar-refractivity contribution in [2.75, 3.05) is 0 Å². The molecule has 12 aromatic carbocycles. The first kappa shape index (κ1) is 85.1. The van der Waals surface area contributed by atoms with Gasteiger partial charge in [0.2, 0.25) is 63.9 Å². The lowest BCUT2D eigenvalue weighted by molar-refractivity contribution is 0.0686. The molecule has 0 saturated heterocycles. The SMILES string of the molecule is Cc1cccc(I)c1Oc1ccc(C(=O)O)cc1.Cc1ccccc1Oc1ccc(C(=O)O)cc1.O=C(O)c1ccc(Oc2c(F)c(F)c(F)c(F)c2F)cc1.O=C(O)c1ccc(Oc2c(F)c(F)c(O)c(F)c2F)cc1.O=C(O)c1ccc(Oc2ccc(F)cc2)cc1.O=C(O)c1ccc(Oc2cccc(I)c2)cc1. The Kier molecular flexibility index (Phi) is 30.8. The van der Waals surface area contributed by atoms with Gasteiger partial charge >= 0.3 is 35.8 Å². The summed E-state index contributed by atoms with van der Waals surface area (Å²) in [5.74, 6) is -25.2. The maximum absolute atomic E-state index is 13.4. The van der Waals surface area contributed by atoms with Crippen LogP contribution in [0, 0.1) is 79.2 Å². The van der Waals surface area contributed by atoms with E-state index in [0.717, 1.165) is 84.0 Å². The number of halogens is 12. The van der Waals surface area contributed by atoms with Crippen LogP contribution in [0.3, 0.4) is 0 Å². The standard InChI is InChI=1S/C14H11IO3.C14H12O3.C13H5F5O3.C13H6F4O4.C13H9FO3.C13H9IO3/c1-9-3-2-4-12(15)13(9)18-11-7-5-10(6-8-11)14(16)17;1-10-4-2-3-5-13(10)17-12-8-6-11(7-9-12)14(15)16;14-7-8(15)10(17)12(11(18)9(7)16)21-6-3-1-5(2-4-6)13(19)20;14-7-9(16)12(10(17)8(15)11(7)18)21-6-3-1-5(2-4-6)13(19)20;14-10-3-7-12(8-4-10)17-11-5-1-9(2-6-11)13(15)16;14-10-2-1-3-12(8-10)17-11-6-4-9(5-7-11)13(15)16/h2-8H,1H3,(H,16,17);2-9H,1H3,(H,15,16);1-4H,(H,19,20);1-4,18H,(H,19,20);2*1-8H,(H,15,16). The molecule has 0 spiro atoms. The van der Waals surface area contributed by atoms with Crippen molar-refractivity contribution >= 4 is 81.0 Å². The van der Waals surface area contributed by atoms with E-state index in [1.807, 2.05) is 80.6 Å². The topological polar surface area (TPSA) is 299 Å². The molecule has 12 rings (SSSR count). The number of hydrogen-bond acceptors (Lipinski definition) is 13. The second kappa shape index (κ2) is 40.1. The van der Waals surface area contributed by atoms with E-state index in [1.165, 1.54) is 72.8 Å². The average Bonchev–Trinajstić information content (AvgIpc) is 0.784. The van der Waals surface area contributed by atoms with Crippen LogP contribution in [-0.2, 0) is 0 Å². The van der Waals surface area contributed by atoms with E-state index in [4.69, 9.17) is 54.7 Å². The van der Waals surface area contributed by atoms with Crippen LogP contribution >= 0.6 is 45.2 Å². The van der Waals surface area contributed by atoms with Gasteiger partial charge < -0.3 is 64.2 Å². The van der Waals surface area contributed by atoms with Gasteiger partial charge in [0.25, 0.3) is 0 Å². The van der Waals surface area contributed by atoms with E-state index in [-0.39, 0.29) is 50.7 Å². The molecule has 0 aliphatic rings. The molecule has 31 heteroatoms. The molecular weight excluding hydrogens is 1710 g/mol. The summed E-state index contributed by atoms with van der Waals surface area (Å²) in [6, 6.07) is 60.2. The predicted molar refractivity (Wildman–Crippen MR) is 396 cm³/mol. The van der Waals surface area contributed by atoms with Gasteiger partial charge in [0, 0.05) is 3.57 Å². The minimum atomic E-state index is -2.29. The Bertz CT molecular complexity index is 5100. The number of aromatic hydroxyl groups is 1. The van der Waals surface area contributed by atoms with Gasteiger partial charge in [-0.05, 0) is 270 Å². The van der Waals surface area contributed by atoms with Gasteiger partial charge in [-0.15, -0.1) is 0 Å². The van der Waals surface area contributed by atoms with Crippen LogP contribution in [0.25, 0.3) is 0 Å². The van der Waals surface area contributed by atoms with Crippen molar-refractivity contribution in [1.29, 1.82) is 0 Å². The molecule has 0 heterocycles. The lowest BCUT2D eigenvalue weighted by Gasteiger charge is -2.10. The van der Waals surface area contributed by atoms with E-state index in [1.54, 1.807) is 48.5 Å². The van der Waals surface area contributed by atoms with Crippen molar-refractivity contribution in [2.45, 2.75) is 13.8 Å². The molecule has 12 aromatic rings. The molecular formula is C80H52F10I2O19. The molecule has 0 bridgehead atoms. The predicted octanol–water partition coefficient (Wildman–Crippen LogP) is 22.0. The Morgan fingerprint density at radius 1 is 0.270 bits per heavy atom. The fourth-order valence-corrected chi connectivity index (χ4v) is 9.82. The highest BCUT2D eigenvalue weighted by Crippen LogP contribution is 2.38. The van der Waals surface area contributed by atoms with E-state index < -0.39 is 105 Å². The first-order valence-electron chi connectivity index (χ1n) is 31.1. The van der Waals surface area contributed by atoms with E-state index in [9.17, 15) is 72.7 Å². The molecule has 0 atom stereocenters. The van der Waals surface area contributed by atoms with Gasteiger partial charge in [-0.1, -0.05) is 36.4 Å². The third-order valence-electron chi connectivity index (χ3n) is 14.2. The fraction of sp³-hybridized carbons (Fsp3) is 0.0250. The average molecular weight is 1760 g/mol. The summed E-state index contributed by atoms with van der Waals surface area (Å²) in [6.07, 6.45) is 0. The molecule has 0 fully saturated rings.